The van der Waals surface area contributed by atoms with Gasteiger partial charge in [-0.25, -0.2) is 9.78 Å². The molecule has 3 atom stereocenters. The van der Waals surface area contributed by atoms with E-state index in [9.17, 15) is 14.7 Å². The molecule has 3 heterocycles. The number of fused-ring (bicyclic) bond motifs is 2. The summed E-state index contributed by atoms with van der Waals surface area (Å²) in [6.07, 6.45) is 4.49. The number of aromatic nitrogens is 1. The van der Waals surface area contributed by atoms with Gasteiger partial charge in [-0.2, -0.15) is 0 Å². The molecule has 2 aromatic rings. The third kappa shape index (κ3) is 4.56. The predicted octanol–water partition coefficient (Wildman–Crippen LogP) is 4.29. The van der Waals surface area contributed by atoms with E-state index in [-0.39, 0.29) is 24.0 Å². The number of nitrogens with one attached hydrogen (secondary N) is 1. The topological polar surface area (TPSA) is 85.8 Å². The maximum absolute atomic E-state index is 12.5. The number of nitrogens with zero attached hydrogens (tertiary/aromatic N) is 3. The van der Waals surface area contributed by atoms with E-state index in [1.165, 1.54) is 0 Å². The van der Waals surface area contributed by atoms with Gasteiger partial charge < -0.3 is 20.2 Å². The monoisotopic (exact) mass is 436 g/mol. The highest BCUT2D eigenvalue weighted by Gasteiger charge is 2.46. The third-order valence-electron chi connectivity index (χ3n) is 6.57. The minimum Gasteiger partial charge on any atom is -0.465 e. The van der Waals surface area contributed by atoms with Gasteiger partial charge in [0.15, 0.2) is 0 Å². The Morgan fingerprint density at radius 2 is 1.75 bits per heavy atom. The van der Waals surface area contributed by atoms with Crippen LogP contribution in [0.5, 0.6) is 0 Å². The number of piperidine rings is 1. The molecule has 0 spiro atoms. The number of amides is 2. The normalized spacial score (nSPS) is 22.5. The second kappa shape index (κ2) is 8.81. The molecule has 1 aromatic heterocycles. The number of benzene rings is 1. The van der Waals surface area contributed by atoms with Crippen LogP contribution in [0.4, 0.5) is 10.6 Å². The van der Waals surface area contributed by atoms with Crippen molar-refractivity contribution < 1.29 is 14.7 Å². The molecule has 0 radical (unpaired) electrons. The van der Waals surface area contributed by atoms with Gasteiger partial charge in [0, 0.05) is 36.4 Å². The zero-order valence-corrected chi connectivity index (χ0v) is 19.0. The first-order valence-corrected chi connectivity index (χ1v) is 11.3. The molecule has 2 amide bonds. The molecule has 2 bridgehead atoms. The van der Waals surface area contributed by atoms with Crippen molar-refractivity contribution in [2.45, 2.75) is 76.7 Å². The summed E-state index contributed by atoms with van der Waals surface area (Å²) < 4.78 is 0. The molecule has 2 N–H and O–H groups in total. The van der Waals surface area contributed by atoms with Crippen LogP contribution in [0.15, 0.2) is 48.7 Å². The van der Waals surface area contributed by atoms with Gasteiger partial charge in [0.1, 0.15) is 5.82 Å². The van der Waals surface area contributed by atoms with Crippen LogP contribution in [0.3, 0.4) is 0 Å². The average molecular weight is 437 g/mol. The molecule has 7 heteroatoms. The van der Waals surface area contributed by atoms with Gasteiger partial charge in [0.05, 0.1) is 5.56 Å². The maximum Gasteiger partial charge on any atom is 0.407 e. The summed E-state index contributed by atoms with van der Waals surface area (Å²) in [6.45, 7) is 6.35. The Balaban J connectivity index is 1.42. The molecular formula is C25H32N4O3. The number of carbonyl (C=O) groups excluding carboxylic acids is 1. The predicted molar refractivity (Wildman–Crippen MR) is 124 cm³/mol. The maximum atomic E-state index is 12.5. The highest BCUT2D eigenvalue weighted by molar-refractivity contribution is 5.94. The van der Waals surface area contributed by atoms with Gasteiger partial charge in [-0.3, -0.25) is 4.79 Å². The van der Waals surface area contributed by atoms with Crippen molar-refractivity contribution >= 4 is 17.8 Å². The van der Waals surface area contributed by atoms with Crippen molar-refractivity contribution in [3.63, 3.8) is 0 Å². The number of carboxylic acid groups (broad SMARTS) is 1. The van der Waals surface area contributed by atoms with Crippen LogP contribution < -0.4 is 10.2 Å². The molecule has 2 fully saturated rings. The molecular weight excluding hydrogens is 404 g/mol. The molecule has 4 rings (SSSR count). The van der Waals surface area contributed by atoms with Gasteiger partial charge in [0.25, 0.3) is 5.91 Å². The summed E-state index contributed by atoms with van der Waals surface area (Å²) in [5.41, 5.74) is 1.16. The van der Waals surface area contributed by atoms with Gasteiger partial charge in [-0.15, -0.1) is 0 Å². The van der Waals surface area contributed by atoms with E-state index < -0.39 is 11.6 Å². The van der Waals surface area contributed by atoms with Crippen LogP contribution in [0.2, 0.25) is 0 Å². The quantitative estimate of drug-likeness (QED) is 0.730. The lowest BCUT2D eigenvalue weighted by Crippen LogP contribution is -2.57. The second-order valence-electron chi connectivity index (χ2n) is 9.81. The summed E-state index contributed by atoms with van der Waals surface area (Å²) in [7, 11) is 0. The Morgan fingerprint density at radius 3 is 2.28 bits per heavy atom. The van der Waals surface area contributed by atoms with Crippen molar-refractivity contribution in [2.24, 2.45) is 0 Å². The Labute approximate surface area is 189 Å². The van der Waals surface area contributed by atoms with Crippen molar-refractivity contribution in [3.8, 4) is 0 Å². The van der Waals surface area contributed by atoms with Gasteiger partial charge in [0.2, 0.25) is 0 Å². The summed E-state index contributed by atoms with van der Waals surface area (Å²) in [4.78, 5) is 33.0. The number of carbonyl (C=O) groups is 2. The standard InChI is InChI=1S/C25H32N4O3/c1-25(2,3)29(24(31)32)21-13-19-10-11-20(14-21)28(19)22-12-9-18(16-26-22)23(30)27-15-17-7-5-4-6-8-17/h4-9,12,16,19-21H,10-11,13-15H2,1-3H3,(H,27,30)(H,31,32)/t19-,20+,21+. The van der Waals surface area contributed by atoms with Crippen LogP contribution in [-0.2, 0) is 6.54 Å². The number of hydrogen-bond donors (Lipinski definition) is 2. The summed E-state index contributed by atoms with van der Waals surface area (Å²) >= 11 is 0. The highest BCUT2D eigenvalue weighted by atomic mass is 16.4. The third-order valence-corrected chi connectivity index (χ3v) is 6.57. The first kappa shape index (κ1) is 22.1. The molecule has 0 unspecified atom stereocenters. The Kier molecular flexibility index (Phi) is 6.09. The van der Waals surface area contributed by atoms with E-state index in [1.807, 2.05) is 63.2 Å². The molecule has 170 valence electrons. The largest absolute Gasteiger partial charge is 0.465 e. The smallest absolute Gasteiger partial charge is 0.407 e. The van der Waals surface area contributed by atoms with Gasteiger partial charge in [-0.05, 0) is 64.2 Å². The molecule has 0 aliphatic carbocycles. The zero-order chi connectivity index (χ0) is 22.9. The minimum atomic E-state index is -0.848. The lowest BCUT2D eigenvalue weighted by molar-refractivity contribution is 0.0558. The lowest BCUT2D eigenvalue weighted by atomic mass is 9.92. The fourth-order valence-corrected chi connectivity index (χ4v) is 5.28. The van der Waals surface area contributed by atoms with Crippen molar-refractivity contribution in [2.75, 3.05) is 4.90 Å². The van der Waals surface area contributed by atoms with E-state index in [4.69, 9.17) is 0 Å². The summed E-state index contributed by atoms with van der Waals surface area (Å²) in [5, 5.41) is 12.7. The van der Waals surface area contributed by atoms with E-state index in [0.717, 1.165) is 37.1 Å². The van der Waals surface area contributed by atoms with E-state index in [2.05, 4.69) is 15.2 Å². The SMILES string of the molecule is CC(C)(C)N(C(=O)O)[C@H]1C[C@H]2CC[C@@H](C1)N2c1ccc(C(=O)NCc2ccccc2)cn1. The van der Waals surface area contributed by atoms with Crippen molar-refractivity contribution in [1.82, 2.24) is 15.2 Å². The number of pyridine rings is 1. The fraction of sp³-hybridized carbons (Fsp3) is 0.480. The Morgan fingerprint density at radius 1 is 1.09 bits per heavy atom. The van der Waals surface area contributed by atoms with Gasteiger partial charge >= 0.3 is 6.09 Å². The summed E-state index contributed by atoms with van der Waals surface area (Å²) in [5.74, 6) is 0.727. The first-order chi connectivity index (χ1) is 15.2. The average Bonchev–Trinajstić information content (AvgIpc) is 3.01. The molecule has 2 aliphatic rings. The van der Waals surface area contributed by atoms with Crippen LogP contribution in [-0.4, -0.2) is 50.7 Å². The van der Waals surface area contributed by atoms with E-state index in [0.29, 0.717) is 12.1 Å². The fourth-order valence-electron chi connectivity index (χ4n) is 5.28. The first-order valence-electron chi connectivity index (χ1n) is 11.3. The Hall–Kier alpha value is -3.09. The van der Waals surface area contributed by atoms with Crippen molar-refractivity contribution in [3.05, 3.63) is 59.8 Å². The molecule has 7 nitrogen and oxygen atoms in total. The molecule has 2 aliphatic heterocycles. The summed E-state index contributed by atoms with van der Waals surface area (Å²) in [6, 6.07) is 14.1. The minimum absolute atomic E-state index is 0.0179. The van der Waals surface area contributed by atoms with Crippen molar-refractivity contribution in [1.29, 1.82) is 0 Å². The van der Waals surface area contributed by atoms with E-state index >= 15 is 0 Å². The molecule has 0 saturated carbocycles. The lowest BCUT2D eigenvalue weighted by Gasteiger charge is -2.47. The van der Waals surface area contributed by atoms with Crippen LogP contribution in [0, 0.1) is 0 Å². The van der Waals surface area contributed by atoms with Crippen LogP contribution in [0.1, 0.15) is 62.4 Å². The second-order valence-corrected chi connectivity index (χ2v) is 9.81. The molecule has 32 heavy (non-hydrogen) atoms. The number of rotatable bonds is 5. The van der Waals surface area contributed by atoms with Gasteiger partial charge in [-0.1, -0.05) is 30.3 Å². The number of anilines is 1. The number of hydrogen-bond acceptors (Lipinski definition) is 4. The highest BCUT2D eigenvalue weighted by Crippen LogP contribution is 2.41. The molecule has 2 saturated heterocycles. The zero-order valence-electron chi connectivity index (χ0n) is 19.0. The van der Waals surface area contributed by atoms with Crippen LogP contribution in [0.25, 0.3) is 0 Å². The molecule has 1 aromatic carbocycles. The van der Waals surface area contributed by atoms with Crippen LogP contribution >= 0.6 is 0 Å². The van der Waals surface area contributed by atoms with E-state index in [1.54, 1.807) is 11.1 Å². The Bertz CT molecular complexity index is 941.